The molecule has 0 atom stereocenters. The summed E-state index contributed by atoms with van der Waals surface area (Å²) in [6, 6.07) is 21.0. The largest absolute Gasteiger partial charge is 0.454 e. The number of ketones is 1. The maximum atomic E-state index is 12.6. The molecule has 0 aliphatic heterocycles. The normalized spacial score (nSPS) is 11.4. The van der Waals surface area contributed by atoms with Crippen LogP contribution in [0.1, 0.15) is 31.8 Å². The van der Waals surface area contributed by atoms with E-state index in [0.717, 1.165) is 12.0 Å². The van der Waals surface area contributed by atoms with Gasteiger partial charge in [0.1, 0.15) is 0 Å². The SMILES string of the molecule is CNc1ccccc1C(=O)OCC(=O)c1ccc2c(c1)-c1ccccc1C2. The van der Waals surface area contributed by atoms with Gasteiger partial charge < -0.3 is 10.1 Å². The summed E-state index contributed by atoms with van der Waals surface area (Å²) >= 11 is 0. The molecule has 0 unspecified atom stereocenters. The molecule has 0 saturated heterocycles. The highest BCUT2D eigenvalue weighted by atomic mass is 16.5. The zero-order chi connectivity index (χ0) is 18.8. The van der Waals surface area contributed by atoms with Crippen LogP contribution in [0.3, 0.4) is 0 Å². The average Bonchev–Trinajstić information content (AvgIpc) is 3.09. The minimum atomic E-state index is -0.514. The van der Waals surface area contributed by atoms with Gasteiger partial charge in [-0.15, -0.1) is 0 Å². The third-order valence-electron chi connectivity index (χ3n) is 4.87. The Kier molecular flexibility index (Phi) is 4.47. The summed E-state index contributed by atoms with van der Waals surface area (Å²) in [6.45, 7) is -0.280. The first kappa shape index (κ1) is 17.0. The van der Waals surface area contributed by atoms with Crippen molar-refractivity contribution in [1.29, 1.82) is 0 Å². The van der Waals surface area contributed by atoms with Gasteiger partial charge in [0.25, 0.3) is 0 Å². The van der Waals surface area contributed by atoms with Gasteiger partial charge in [0.2, 0.25) is 0 Å². The fourth-order valence-electron chi connectivity index (χ4n) is 3.47. The molecule has 1 aliphatic carbocycles. The van der Waals surface area contributed by atoms with Crippen molar-refractivity contribution in [3.05, 3.63) is 89.0 Å². The van der Waals surface area contributed by atoms with Crippen LogP contribution in [-0.2, 0) is 11.2 Å². The lowest BCUT2D eigenvalue weighted by molar-refractivity contribution is 0.0475. The summed E-state index contributed by atoms with van der Waals surface area (Å²) in [5.74, 6) is -0.725. The molecule has 0 heterocycles. The number of benzene rings is 3. The van der Waals surface area contributed by atoms with E-state index in [9.17, 15) is 9.59 Å². The van der Waals surface area contributed by atoms with Crippen molar-refractivity contribution in [2.24, 2.45) is 0 Å². The Balaban J connectivity index is 1.50. The van der Waals surface area contributed by atoms with E-state index in [4.69, 9.17) is 4.74 Å². The fraction of sp³-hybridized carbons (Fsp3) is 0.130. The van der Waals surface area contributed by atoms with Crippen LogP contribution in [0.5, 0.6) is 0 Å². The lowest BCUT2D eigenvalue weighted by atomic mass is 10.0. The third-order valence-corrected chi connectivity index (χ3v) is 4.87. The maximum Gasteiger partial charge on any atom is 0.340 e. The van der Waals surface area contributed by atoms with E-state index in [2.05, 4.69) is 17.4 Å². The summed E-state index contributed by atoms with van der Waals surface area (Å²) in [4.78, 5) is 24.9. The van der Waals surface area contributed by atoms with E-state index in [1.807, 2.05) is 36.4 Å². The van der Waals surface area contributed by atoms with Gasteiger partial charge in [0.15, 0.2) is 12.4 Å². The second kappa shape index (κ2) is 7.08. The molecule has 0 radical (unpaired) electrons. The molecular formula is C23H19NO3. The van der Waals surface area contributed by atoms with Gasteiger partial charge in [-0.3, -0.25) is 4.79 Å². The van der Waals surface area contributed by atoms with Crippen LogP contribution in [0.15, 0.2) is 66.7 Å². The van der Waals surface area contributed by atoms with Crippen molar-refractivity contribution < 1.29 is 14.3 Å². The smallest absolute Gasteiger partial charge is 0.340 e. The molecule has 1 N–H and O–H groups in total. The molecule has 3 aromatic carbocycles. The minimum Gasteiger partial charge on any atom is -0.454 e. The number of rotatable bonds is 5. The van der Waals surface area contributed by atoms with Crippen LogP contribution in [0.25, 0.3) is 11.1 Å². The number of nitrogens with one attached hydrogen (secondary N) is 1. The number of hydrogen-bond acceptors (Lipinski definition) is 4. The predicted molar refractivity (Wildman–Crippen MR) is 105 cm³/mol. The number of esters is 1. The number of para-hydroxylation sites is 1. The zero-order valence-corrected chi connectivity index (χ0v) is 15.0. The second-order valence-corrected chi connectivity index (χ2v) is 6.50. The van der Waals surface area contributed by atoms with E-state index in [1.165, 1.54) is 16.7 Å². The van der Waals surface area contributed by atoms with E-state index in [-0.39, 0.29) is 12.4 Å². The lowest BCUT2D eigenvalue weighted by Gasteiger charge is -2.09. The maximum absolute atomic E-state index is 12.6. The first-order chi connectivity index (χ1) is 13.2. The second-order valence-electron chi connectivity index (χ2n) is 6.50. The van der Waals surface area contributed by atoms with Gasteiger partial charge in [-0.1, -0.05) is 48.5 Å². The number of ether oxygens (including phenoxy) is 1. The molecule has 3 aromatic rings. The Hall–Kier alpha value is -3.40. The number of fused-ring (bicyclic) bond motifs is 3. The molecule has 0 saturated carbocycles. The molecule has 4 rings (SSSR count). The lowest BCUT2D eigenvalue weighted by Crippen LogP contribution is -2.15. The van der Waals surface area contributed by atoms with Gasteiger partial charge in [-0.2, -0.15) is 0 Å². The third kappa shape index (κ3) is 3.22. The van der Waals surface area contributed by atoms with E-state index >= 15 is 0 Å². The molecule has 4 heteroatoms. The van der Waals surface area contributed by atoms with Crippen LogP contribution >= 0.6 is 0 Å². The van der Waals surface area contributed by atoms with Crippen molar-refractivity contribution in [3.8, 4) is 11.1 Å². The van der Waals surface area contributed by atoms with Crippen LogP contribution in [0.4, 0.5) is 5.69 Å². The Bertz CT molecular complexity index is 1040. The molecular weight excluding hydrogens is 338 g/mol. The highest BCUT2D eigenvalue weighted by molar-refractivity contribution is 6.02. The van der Waals surface area contributed by atoms with Gasteiger partial charge in [0, 0.05) is 18.3 Å². The van der Waals surface area contributed by atoms with Crippen molar-refractivity contribution in [1.82, 2.24) is 0 Å². The van der Waals surface area contributed by atoms with Gasteiger partial charge in [-0.25, -0.2) is 4.79 Å². The monoisotopic (exact) mass is 357 g/mol. The van der Waals surface area contributed by atoms with E-state index in [1.54, 1.807) is 25.2 Å². The Labute approximate surface area is 157 Å². The first-order valence-electron chi connectivity index (χ1n) is 8.85. The van der Waals surface area contributed by atoms with E-state index < -0.39 is 5.97 Å². The summed E-state index contributed by atoms with van der Waals surface area (Å²) in [5, 5.41) is 2.95. The number of anilines is 1. The molecule has 0 aromatic heterocycles. The Morgan fingerprint density at radius 3 is 2.52 bits per heavy atom. The molecule has 134 valence electrons. The molecule has 0 amide bonds. The number of carbonyl (C=O) groups excluding carboxylic acids is 2. The first-order valence-corrected chi connectivity index (χ1v) is 8.85. The van der Waals surface area contributed by atoms with Crippen molar-refractivity contribution in [3.63, 3.8) is 0 Å². The minimum absolute atomic E-state index is 0.211. The molecule has 27 heavy (non-hydrogen) atoms. The van der Waals surface area contributed by atoms with Crippen LogP contribution < -0.4 is 5.32 Å². The van der Waals surface area contributed by atoms with Crippen molar-refractivity contribution >= 4 is 17.4 Å². The standard InChI is InChI=1S/C23H19NO3/c1-24-21-9-5-4-8-19(21)23(26)27-14-22(25)17-11-10-16-12-15-6-2-3-7-18(15)20(16)13-17/h2-11,13,24H,12,14H2,1H3. The molecule has 1 aliphatic rings. The summed E-state index contributed by atoms with van der Waals surface area (Å²) in [5.41, 5.74) is 6.38. The van der Waals surface area contributed by atoms with Gasteiger partial charge in [-0.05, 0) is 46.9 Å². The van der Waals surface area contributed by atoms with Gasteiger partial charge >= 0.3 is 5.97 Å². The summed E-state index contributed by atoms with van der Waals surface area (Å²) in [6.07, 6.45) is 0.885. The predicted octanol–water partition coefficient (Wildman–Crippen LogP) is 4.34. The van der Waals surface area contributed by atoms with Crippen molar-refractivity contribution in [2.75, 3.05) is 19.0 Å². The zero-order valence-electron chi connectivity index (χ0n) is 15.0. The van der Waals surface area contributed by atoms with Crippen LogP contribution in [-0.4, -0.2) is 25.4 Å². The number of Topliss-reactive ketones (excluding diaryl/α,β-unsaturated/α-hetero) is 1. The topological polar surface area (TPSA) is 55.4 Å². The highest BCUT2D eigenvalue weighted by Crippen LogP contribution is 2.36. The van der Waals surface area contributed by atoms with Crippen LogP contribution in [0, 0.1) is 0 Å². The number of hydrogen-bond donors (Lipinski definition) is 1. The molecule has 0 spiro atoms. The van der Waals surface area contributed by atoms with Gasteiger partial charge in [0.05, 0.1) is 5.56 Å². The van der Waals surface area contributed by atoms with Crippen molar-refractivity contribution in [2.45, 2.75) is 6.42 Å². The quantitative estimate of drug-likeness (QED) is 0.426. The summed E-state index contributed by atoms with van der Waals surface area (Å²) < 4.78 is 5.25. The Morgan fingerprint density at radius 1 is 0.926 bits per heavy atom. The number of carbonyl (C=O) groups is 2. The highest BCUT2D eigenvalue weighted by Gasteiger charge is 2.20. The Morgan fingerprint density at radius 2 is 1.67 bits per heavy atom. The average molecular weight is 357 g/mol. The molecule has 4 nitrogen and oxygen atoms in total. The van der Waals surface area contributed by atoms with Crippen LogP contribution in [0.2, 0.25) is 0 Å². The molecule has 0 fully saturated rings. The van der Waals surface area contributed by atoms with E-state index in [0.29, 0.717) is 16.8 Å². The molecule has 0 bridgehead atoms. The summed E-state index contributed by atoms with van der Waals surface area (Å²) in [7, 11) is 1.74. The fourth-order valence-corrected chi connectivity index (χ4v) is 3.47.